The molecule has 0 saturated heterocycles. The molecule has 1 aliphatic rings. The summed E-state index contributed by atoms with van der Waals surface area (Å²) in [5.41, 5.74) is 1.44. The molecule has 0 aliphatic carbocycles. The second-order valence-corrected chi connectivity index (χ2v) is 6.84. The molecule has 1 aromatic heterocycles. The third-order valence-electron chi connectivity index (χ3n) is 4.34. The van der Waals surface area contributed by atoms with Gasteiger partial charge in [0.05, 0.1) is 22.8 Å². The molecule has 0 amide bonds. The van der Waals surface area contributed by atoms with Crippen LogP contribution < -0.4 is 4.90 Å². The highest BCUT2D eigenvalue weighted by atomic mass is 35.5. The lowest BCUT2D eigenvalue weighted by atomic mass is 10.1. The Hall–Kier alpha value is -2.80. The summed E-state index contributed by atoms with van der Waals surface area (Å²) in [5, 5.41) is 9.42. The van der Waals surface area contributed by atoms with Crippen LogP contribution in [0.5, 0.6) is 0 Å². The van der Waals surface area contributed by atoms with Gasteiger partial charge in [0, 0.05) is 30.4 Å². The molecule has 1 N–H and O–H groups in total. The van der Waals surface area contributed by atoms with Crippen LogP contribution in [-0.2, 0) is 0 Å². The molecule has 0 atom stereocenters. The molecule has 0 spiro atoms. The molecule has 6 nitrogen and oxygen atoms in total. The summed E-state index contributed by atoms with van der Waals surface area (Å²) in [6.45, 7) is 4.40. The van der Waals surface area contributed by atoms with E-state index in [9.17, 15) is 9.18 Å². The Labute approximate surface area is 161 Å². The molecule has 1 aromatic carbocycles. The van der Waals surface area contributed by atoms with E-state index in [0.29, 0.717) is 34.5 Å². The van der Waals surface area contributed by atoms with E-state index in [2.05, 4.69) is 15.0 Å². The minimum Gasteiger partial charge on any atom is -0.478 e. The molecule has 0 bridgehead atoms. The summed E-state index contributed by atoms with van der Waals surface area (Å²) >= 11 is 6.37. The minimum absolute atomic E-state index is 0.253. The van der Waals surface area contributed by atoms with Crippen LogP contribution >= 0.6 is 11.6 Å². The fourth-order valence-corrected chi connectivity index (χ4v) is 2.88. The van der Waals surface area contributed by atoms with Crippen molar-refractivity contribution >= 4 is 34.9 Å². The van der Waals surface area contributed by atoms with Crippen LogP contribution in [-0.4, -0.2) is 47.2 Å². The maximum Gasteiger partial charge on any atom is 0.338 e. The third kappa shape index (κ3) is 3.83. The SMILES string of the molecule is CC(C)N(C)c1ncc(C2=NC(c3ccc(C(=O)O)c(F)c3)=NC2)cc1Cl. The Morgan fingerprint density at radius 2 is 2.04 bits per heavy atom. The van der Waals surface area contributed by atoms with Gasteiger partial charge in [-0.3, -0.25) is 4.99 Å². The molecule has 2 aromatic rings. The number of halogens is 2. The van der Waals surface area contributed by atoms with Gasteiger partial charge in [-0.1, -0.05) is 17.7 Å². The minimum atomic E-state index is -1.32. The van der Waals surface area contributed by atoms with Crippen molar-refractivity contribution < 1.29 is 14.3 Å². The zero-order valence-electron chi connectivity index (χ0n) is 15.1. The van der Waals surface area contributed by atoms with E-state index in [0.717, 1.165) is 11.6 Å². The quantitative estimate of drug-likeness (QED) is 0.847. The monoisotopic (exact) mass is 388 g/mol. The highest BCUT2D eigenvalue weighted by Crippen LogP contribution is 2.25. The average molecular weight is 389 g/mol. The maximum atomic E-state index is 13.9. The predicted molar refractivity (Wildman–Crippen MR) is 104 cm³/mol. The fourth-order valence-electron chi connectivity index (χ4n) is 2.58. The van der Waals surface area contributed by atoms with Crippen LogP contribution in [0.15, 0.2) is 40.4 Å². The number of rotatable bonds is 5. The van der Waals surface area contributed by atoms with Crippen LogP contribution in [0.1, 0.15) is 35.3 Å². The van der Waals surface area contributed by atoms with Crippen molar-refractivity contribution in [3.8, 4) is 0 Å². The Bertz CT molecular complexity index is 972. The summed E-state index contributed by atoms with van der Waals surface area (Å²) in [7, 11) is 1.92. The highest BCUT2D eigenvalue weighted by Gasteiger charge is 2.19. The van der Waals surface area contributed by atoms with E-state index in [1.165, 1.54) is 12.1 Å². The van der Waals surface area contributed by atoms with Gasteiger partial charge in [0.25, 0.3) is 0 Å². The number of aliphatic imine (C=N–C) groups is 2. The highest BCUT2D eigenvalue weighted by molar-refractivity contribution is 6.33. The van der Waals surface area contributed by atoms with Crippen molar-refractivity contribution in [2.45, 2.75) is 19.9 Å². The van der Waals surface area contributed by atoms with Crippen LogP contribution in [0.3, 0.4) is 0 Å². The van der Waals surface area contributed by atoms with Crippen molar-refractivity contribution in [1.29, 1.82) is 0 Å². The van der Waals surface area contributed by atoms with Crippen molar-refractivity contribution in [2.75, 3.05) is 18.5 Å². The number of aromatic carboxylic acids is 1. The van der Waals surface area contributed by atoms with Crippen LogP contribution in [0.25, 0.3) is 0 Å². The molecular formula is C19H18ClFN4O2. The number of hydrogen-bond acceptors (Lipinski definition) is 5. The topological polar surface area (TPSA) is 78.2 Å². The van der Waals surface area contributed by atoms with Crippen LogP contribution in [0, 0.1) is 5.82 Å². The largest absolute Gasteiger partial charge is 0.478 e. The Balaban J connectivity index is 1.86. The second kappa shape index (κ2) is 7.44. The number of carbonyl (C=O) groups is 1. The first-order chi connectivity index (χ1) is 12.8. The van der Waals surface area contributed by atoms with E-state index >= 15 is 0 Å². The zero-order valence-corrected chi connectivity index (χ0v) is 15.8. The lowest BCUT2D eigenvalue weighted by Crippen LogP contribution is -2.27. The number of pyridine rings is 1. The summed E-state index contributed by atoms with van der Waals surface area (Å²) in [4.78, 5) is 26.1. The average Bonchev–Trinajstić information content (AvgIpc) is 3.10. The lowest BCUT2D eigenvalue weighted by Gasteiger charge is -2.23. The Morgan fingerprint density at radius 1 is 1.30 bits per heavy atom. The normalized spacial score (nSPS) is 13.6. The zero-order chi connectivity index (χ0) is 19.7. The molecular weight excluding hydrogens is 371 g/mol. The van der Waals surface area contributed by atoms with Crippen molar-refractivity contribution in [2.24, 2.45) is 9.98 Å². The standard InChI is InChI=1S/C19H18ClFN4O2/c1-10(2)25(3)18-14(20)6-12(8-23-18)16-9-22-17(24-16)11-4-5-13(19(26)27)15(21)7-11/h4-8,10H,9H2,1-3H3,(H,26,27). The summed E-state index contributed by atoms with van der Waals surface area (Å²) in [6.07, 6.45) is 1.69. The first-order valence-electron chi connectivity index (χ1n) is 8.32. The molecule has 140 valence electrons. The van der Waals surface area contributed by atoms with Gasteiger partial charge in [0.2, 0.25) is 0 Å². The van der Waals surface area contributed by atoms with Gasteiger partial charge in [-0.2, -0.15) is 0 Å². The second-order valence-electron chi connectivity index (χ2n) is 6.43. The number of carboxylic acid groups (broad SMARTS) is 1. The summed E-state index contributed by atoms with van der Waals surface area (Å²) in [5.74, 6) is -1.11. The van der Waals surface area contributed by atoms with Gasteiger partial charge >= 0.3 is 5.97 Å². The number of nitrogens with zero attached hydrogens (tertiary/aromatic N) is 4. The predicted octanol–water partition coefficient (Wildman–Crippen LogP) is 3.67. The molecule has 27 heavy (non-hydrogen) atoms. The molecule has 0 fully saturated rings. The van der Waals surface area contributed by atoms with E-state index in [1.807, 2.05) is 25.8 Å². The molecule has 0 radical (unpaired) electrons. The lowest BCUT2D eigenvalue weighted by molar-refractivity contribution is 0.0692. The number of benzene rings is 1. The maximum absolute atomic E-state index is 13.9. The number of carboxylic acids is 1. The van der Waals surface area contributed by atoms with Gasteiger partial charge in [-0.05, 0) is 32.0 Å². The number of anilines is 1. The van der Waals surface area contributed by atoms with Gasteiger partial charge < -0.3 is 10.0 Å². The summed E-state index contributed by atoms with van der Waals surface area (Å²) < 4.78 is 13.9. The molecule has 1 aliphatic heterocycles. The van der Waals surface area contributed by atoms with Crippen molar-refractivity contribution in [3.05, 3.63) is 58.0 Å². The van der Waals surface area contributed by atoms with E-state index in [1.54, 1.807) is 12.3 Å². The van der Waals surface area contributed by atoms with Gasteiger partial charge in [0.1, 0.15) is 11.6 Å². The fraction of sp³-hybridized carbons (Fsp3) is 0.263. The third-order valence-corrected chi connectivity index (χ3v) is 4.62. The van der Waals surface area contributed by atoms with Gasteiger partial charge in [-0.25, -0.2) is 19.2 Å². The van der Waals surface area contributed by atoms with E-state index in [4.69, 9.17) is 16.7 Å². The Morgan fingerprint density at radius 3 is 2.63 bits per heavy atom. The molecule has 2 heterocycles. The number of aromatic nitrogens is 1. The van der Waals surface area contributed by atoms with E-state index in [-0.39, 0.29) is 11.6 Å². The van der Waals surface area contributed by atoms with Crippen molar-refractivity contribution in [3.63, 3.8) is 0 Å². The molecule has 3 rings (SSSR count). The first kappa shape index (κ1) is 19.0. The number of amidine groups is 1. The van der Waals surface area contributed by atoms with Crippen molar-refractivity contribution in [1.82, 2.24) is 4.98 Å². The van der Waals surface area contributed by atoms with E-state index < -0.39 is 11.8 Å². The first-order valence-corrected chi connectivity index (χ1v) is 8.69. The van der Waals surface area contributed by atoms with Gasteiger partial charge in [0.15, 0.2) is 5.84 Å². The van der Waals surface area contributed by atoms with Crippen LogP contribution in [0.2, 0.25) is 5.02 Å². The van der Waals surface area contributed by atoms with Crippen LogP contribution in [0.4, 0.5) is 10.2 Å². The summed E-state index contributed by atoms with van der Waals surface area (Å²) in [6, 6.07) is 5.86. The molecule has 0 unspecified atom stereocenters. The smallest absolute Gasteiger partial charge is 0.338 e. The van der Waals surface area contributed by atoms with Gasteiger partial charge in [-0.15, -0.1) is 0 Å². The molecule has 8 heteroatoms. The number of hydrogen-bond donors (Lipinski definition) is 1. The molecule has 0 saturated carbocycles. The Kier molecular flexibility index (Phi) is 5.23.